The van der Waals surface area contributed by atoms with Crippen molar-refractivity contribution in [1.82, 2.24) is 4.90 Å². The number of rotatable bonds is 4. The van der Waals surface area contributed by atoms with Gasteiger partial charge in [0.2, 0.25) is 5.91 Å². The standard InChI is InChI=1S/C14H18N2O/c1-11(2)13(10-15)16(3)14(17)9-12-7-5-4-6-8-12/h4-8,11,13H,9H2,1-3H3. The van der Waals surface area contributed by atoms with E-state index in [1.165, 1.54) is 4.90 Å². The van der Waals surface area contributed by atoms with Crippen molar-refractivity contribution in [3.8, 4) is 6.07 Å². The van der Waals surface area contributed by atoms with Gasteiger partial charge in [0, 0.05) is 7.05 Å². The van der Waals surface area contributed by atoms with E-state index in [1.807, 2.05) is 44.2 Å². The first kappa shape index (κ1) is 13.2. The number of amides is 1. The number of carbonyl (C=O) groups is 1. The molecule has 0 fully saturated rings. The van der Waals surface area contributed by atoms with Crippen LogP contribution in [0.5, 0.6) is 0 Å². The second-order valence-electron chi connectivity index (χ2n) is 4.48. The van der Waals surface area contributed by atoms with Crippen LogP contribution >= 0.6 is 0 Å². The van der Waals surface area contributed by atoms with E-state index in [0.717, 1.165) is 5.56 Å². The van der Waals surface area contributed by atoms with Gasteiger partial charge in [0.25, 0.3) is 0 Å². The van der Waals surface area contributed by atoms with Gasteiger partial charge in [-0.2, -0.15) is 5.26 Å². The molecule has 3 nitrogen and oxygen atoms in total. The van der Waals surface area contributed by atoms with Crippen molar-refractivity contribution in [2.45, 2.75) is 26.3 Å². The Morgan fingerprint density at radius 2 is 1.94 bits per heavy atom. The van der Waals surface area contributed by atoms with Gasteiger partial charge in [0.15, 0.2) is 0 Å². The lowest BCUT2D eigenvalue weighted by Crippen LogP contribution is -2.40. The van der Waals surface area contributed by atoms with Crippen molar-refractivity contribution in [3.05, 3.63) is 35.9 Å². The van der Waals surface area contributed by atoms with E-state index in [0.29, 0.717) is 6.42 Å². The number of benzene rings is 1. The molecular formula is C14H18N2O. The quantitative estimate of drug-likeness (QED) is 0.796. The molecule has 0 spiro atoms. The van der Waals surface area contributed by atoms with E-state index >= 15 is 0 Å². The fourth-order valence-corrected chi connectivity index (χ4v) is 1.73. The predicted octanol–water partition coefficient (Wildman–Crippen LogP) is 2.24. The summed E-state index contributed by atoms with van der Waals surface area (Å²) in [5.41, 5.74) is 0.977. The van der Waals surface area contributed by atoms with E-state index in [2.05, 4.69) is 6.07 Å². The summed E-state index contributed by atoms with van der Waals surface area (Å²) >= 11 is 0. The van der Waals surface area contributed by atoms with Crippen molar-refractivity contribution in [1.29, 1.82) is 5.26 Å². The number of likely N-dealkylation sites (N-methyl/N-ethyl adjacent to an activating group) is 1. The maximum atomic E-state index is 12.0. The number of hydrogen-bond donors (Lipinski definition) is 0. The molecule has 1 amide bonds. The van der Waals surface area contributed by atoms with Crippen LogP contribution in [-0.4, -0.2) is 23.9 Å². The molecule has 0 saturated heterocycles. The van der Waals surface area contributed by atoms with Crippen LogP contribution < -0.4 is 0 Å². The topological polar surface area (TPSA) is 44.1 Å². The minimum absolute atomic E-state index is 0.0172. The maximum absolute atomic E-state index is 12.0. The SMILES string of the molecule is CC(C)C(C#N)N(C)C(=O)Cc1ccccc1. The van der Waals surface area contributed by atoms with E-state index in [-0.39, 0.29) is 17.9 Å². The molecule has 0 bridgehead atoms. The molecule has 0 aliphatic carbocycles. The number of nitrogens with zero attached hydrogens (tertiary/aromatic N) is 2. The Kier molecular flexibility index (Phi) is 4.71. The molecule has 0 saturated carbocycles. The molecule has 1 unspecified atom stereocenters. The lowest BCUT2D eigenvalue weighted by molar-refractivity contribution is -0.130. The summed E-state index contributed by atoms with van der Waals surface area (Å²) in [6.07, 6.45) is 0.349. The van der Waals surface area contributed by atoms with Crippen LogP contribution in [0, 0.1) is 17.2 Å². The van der Waals surface area contributed by atoms with Gasteiger partial charge >= 0.3 is 0 Å². The Balaban J connectivity index is 2.68. The van der Waals surface area contributed by atoms with Crippen molar-refractivity contribution in [2.24, 2.45) is 5.92 Å². The van der Waals surface area contributed by atoms with Gasteiger partial charge < -0.3 is 4.90 Å². The van der Waals surface area contributed by atoms with Crippen LogP contribution in [0.1, 0.15) is 19.4 Å². The summed E-state index contributed by atoms with van der Waals surface area (Å²) in [6, 6.07) is 11.4. The maximum Gasteiger partial charge on any atom is 0.227 e. The molecule has 17 heavy (non-hydrogen) atoms. The second-order valence-corrected chi connectivity index (χ2v) is 4.48. The zero-order chi connectivity index (χ0) is 12.8. The third-order valence-corrected chi connectivity index (χ3v) is 2.77. The summed E-state index contributed by atoms with van der Waals surface area (Å²) in [5, 5.41) is 9.04. The number of carbonyl (C=O) groups excluding carboxylic acids is 1. The monoisotopic (exact) mass is 230 g/mol. The fourth-order valence-electron chi connectivity index (χ4n) is 1.73. The van der Waals surface area contributed by atoms with Crippen LogP contribution in [0.4, 0.5) is 0 Å². The Labute approximate surface area is 103 Å². The fraction of sp³-hybridized carbons (Fsp3) is 0.429. The Morgan fingerprint density at radius 3 is 2.41 bits per heavy atom. The lowest BCUT2D eigenvalue weighted by Gasteiger charge is -2.25. The number of hydrogen-bond acceptors (Lipinski definition) is 2. The third kappa shape index (κ3) is 3.60. The Morgan fingerprint density at radius 1 is 1.35 bits per heavy atom. The summed E-state index contributed by atoms with van der Waals surface area (Å²) < 4.78 is 0. The molecule has 0 heterocycles. The van der Waals surface area contributed by atoms with Crippen molar-refractivity contribution in [3.63, 3.8) is 0 Å². The molecule has 1 aromatic rings. The van der Waals surface area contributed by atoms with E-state index in [9.17, 15) is 4.79 Å². The van der Waals surface area contributed by atoms with Crippen molar-refractivity contribution in [2.75, 3.05) is 7.05 Å². The van der Waals surface area contributed by atoms with Crippen LogP contribution in [0.25, 0.3) is 0 Å². The first-order valence-corrected chi connectivity index (χ1v) is 5.75. The average molecular weight is 230 g/mol. The van der Waals surface area contributed by atoms with Gasteiger partial charge in [-0.15, -0.1) is 0 Å². The van der Waals surface area contributed by atoms with Crippen LogP contribution in [0.15, 0.2) is 30.3 Å². The summed E-state index contributed by atoms with van der Waals surface area (Å²) in [7, 11) is 1.69. The van der Waals surface area contributed by atoms with Gasteiger partial charge in [-0.25, -0.2) is 0 Å². The van der Waals surface area contributed by atoms with Gasteiger partial charge in [-0.1, -0.05) is 44.2 Å². The van der Waals surface area contributed by atoms with Crippen molar-refractivity contribution >= 4 is 5.91 Å². The molecule has 0 N–H and O–H groups in total. The molecule has 0 aromatic heterocycles. The zero-order valence-electron chi connectivity index (χ0n) is 10.6. The van der Waals surface area contributed by atoms with E-state index in [1.54, 1.807) is 7.05 Å². The molecule has 90 valence electrons. The van der Waals surface area contributed by atoms with Gasteiger partial charge in [-0.05, 0) is 11.5 Å². The Hall–Kier alpha value is -1.82. The highest BCUT2D eigenvalue weighted by Crippen LogP contribution is 2.10. The smallest absolute Gasteiger partial charge is 0.227 e. The van der Waals surface area contributed by atoms with Gasteiger partial charge in [-0.3, -0.25) is 4.79 Å². The minimum Gasteiger partial charge on any atom is -0.329 e. The molecule has 1 aromatic carbocycles. The van der Waals surface area contributed by atoms with E-state index < -0.39 is 0 Å². The van der Waals surface area contributed by atoms with Crippen LogP contribution in [-0.2, 0) is 11.2 Å². The summed E-state index contributed by atoms with van der Waals surface area (Å²) in [5.74, 6) is 0.126. The summed E-state index contributed by atoms with van der Waals surface area (Å²) in [6.45, 7) is 3.89. The zero-order valence-corrected chi connectivity index (χ0v) is 10.6. The third-order valence-electron chi connectivity index (χ3n) is 2.77. The van der Waals surface area contributed by atoms with Gasteiger partial charge in [0.1, 0.15) is 6.04 Å². The van der Waals surface area contributed by atoms with Gasteiger partial charge in [0.05, 0.1) is 12.5 Å². The normalized spacial score (nSPS) is 11.9. The summed E-state index contributed by atoms with van der Waals surface area (Å²) in [4.78, 5) is 13.5. The highest BCUT2D eigenvalue weighted by atomic mass is 16.2. The van der Waals surface area contributed by atoms with E-state index in [4.69, 9.17) is 5.26 Å². The highest BCUT2D eigenvalue weighted by Gasteiger charge is 2.22. The first-order valence-electron chi connectivity index (χ1n) is 5.75. The largest absolute Gasteiger partial charge is 0.329 e. The molecule has 0 aliphatic rings. The number of nitriles is 1. The van der Waals surface area contributed by atoms with Crippen LogP contribution in [0.2, 0.25) is 0 Å². The molecule has 1 rings (SSSR count). The molecule has 1 atom stereocenters. The minimum atomic E-state index is -0.355. The molecule has 3 heteroatoms. The first-order chi connectivity index (χ1) is 8.06. The molecule has 0 aliphatic heterocycles. The van der Waals surface area contributed by atoms with Crippen LogP contribution in [0.3, 0.4) is 0 Å². The molecular weight excluding hydrogens is 212 g/mol. The highest BCUT2D eigenvalue weighted by molar-refractivity contribution is 5.79. The second kappa shape index (κ2) is 6.05. The predicted molar refractivity (Wildman–Crippen MR) is 67.2 cm³/mol. The average Bonchev–Trinajstić information content (AvgIpc) is 2.30. The lowest BCUT2D eigenvalue weighted by atomic mass is 10.0. The van der Waals surface area contributed by atoms with Crippen molar-refractivity contribution < 1.29 is 4.79 Å². The Bertz CT molecular complexity index is 406. The molecule has 0 radical (unpaired) electrons.